The molecule has 1 aromatic heterocycles. The minimum atomic E-state index is 0.732. The lowest BCUT2D eigenvalue weighted by Crippen LogP contribution is -2.07. The number of hydrogen-bond donors (Lipinski definition) is 1. The van der Waals surface area contributed by atoms with Crippen LogP contribution in [-0.2, 0) is 0 Å². The lowest BCUT2D eigenvalue weighted by Gasteiger charge is -2.09. The number of nitrogens with one attached hydrogen (secondary N) is 1. The minimum absolute atomic E-state index is 0.732. The molecule has 2 rings (SSSR count). The van der Waals surface area contributed by atoms with Gasteiger partial charge in [0.15, 0.2) is 0 Å². The molecule has 90 valence electrons. The second kappa shape index (κ2) is 5.73. The number of hydrogen-bond acceptors (Lipinski definition) is 2. The Morgan fingerprint density at radius 1 is 1.41 bits per heavy atom. The molecule has 0 amide bonds. The maximum atomic E-state index is 5.99. The van der Waals surface area contributed by atoms with E-state index in [4.69, 9.17) is 11.6 Å². The van der Waals surface area contributed by atoms with Crippen LogP contribution < -0.4 is 5.32 Å². The van der Waals surface area contributed by atoms with Gasteiger partial charge in [-0.15, -0.1) is 0 Å². The van der Waals surface area contributed by atoms with Crippen molar-refractivity contribution in [1.82, 2.24) is 9.55 Å². The Balaban J connectivity index is 2.18. The number of aromatic nitrogens is 2. The van der Waals surface area contributed by atoms with Crippen molar-refractivity contribution >= 4 is 17.5 Å². The highest BCUT2D eigenvalue weighted by molar-refractivity contribution is 6.30. The van der Waals surface area contributed by atoms with Crippen LogP contribution in [0.15, 0.2) is 36.7 Å². The number of nitrogens with zero attached hydrogens (tertiary/aromatic N) is 2. The summed E-state index contributed by atoms with van der Waals surface area (Å²) in [4.78, 5) is 4.30. The highest BCUT2D eigenvalue weighted by atomic mass is 35.5. The molecule has 1 heterocycles. The average Bonchev–Trinajstić information content (AvgIpc) is 2.78. The molecule has 0 radical (unpaired) electrons. The number of anilines is 1. The largest absolute Gasteiger partial charge is 0.355 e. The molecule has 0 aliphatic heterocycles. The van der Waals surface area contributed by atoms with Crippen molar-refractivity contribution in [2.24, 2.45) is 0 Å². The van der Waals surface area contributed by atoms with Crippen LogP contribution in [0.3, 0.4) is 0 Å². The van der Waals surface area contributed by atoms with Gasteiger partial charge in [0.05, 0.1) is 0 Å². The third kappa shape index (κ3) is 3.01. The van der Waals surface area contributed by atoms with Gasteiger partial charge in [-0.1, -0.05) is 31.0 Å². The number of benzene rings is 1. The number of halogens is 1. The second-order valence-electron chi connectivity index (χ2n) is 3.88. The normalized spacial score (nSPS) is 10.5. The number of rotatable bonds is 5. The van der Waals surface area contributed by atoms with E-state index in [1.165, 1.54) is 6.42 Å². The Morgan fingerprint density at radius 2 is 2.29 bits per heavy atom. The van der Waals surface area contributed by atoms with Crippen LogP contribution in [0.25, 0.3) is 5.69 Å². The summed E-state index contributed by atoms with van der Waals surface area (Å²) < 4.78 is 2.00. The van der Waals surface area contributed by atoms with E-state index < -0.39 is 0 Å². The summed E-state index contributed by atoms with van der Waals surface area (Å²) in [6, 6.07) is 7.74. The van der Waals surface area contributed by atoms with E-state index in [0.29, 0.717) is 0 Å². The molecule has 1 N–H and O–H groups in total. The van der Waals surface area contributed by atoms with Crippen molar-refractivity contribution in [2.45, 2.75) is 19.8 Å². The maximum absolute atomic E-state index is 5.99. The van der Waals surface area contributed by atoms with Gasteiger partial charge in [-0.2, -0.15) is 0 Å². The molecule has 0 atom stereocenters. The fraction of sp³-hybridized carbons (Fsp3) is 0.308. The van der Waals surface area contributed by atoms with Crippen LogP contribution in [-0.4, -0.2) is 16.1 Å². The molecule has 0 aliphatic rings. The molecule has 0 saturated carbocycles. The summed E-state index contributed by atoms with van der Waals surface area (Å²) in [6.45, 7) is 3.11. The minimum Gasteiger partial charge on any atom is -0.355 e. The maximum Gasteiger partial charge on any atom is 0.207 e. The van der Waals surface area contributed by atoms with Crippen molar-refractivity contribution in [3.8, 4) is 5.69 Å². The van der Waals surface area contributed by atoms with E-state index in [2.05, 4.69) is 17.2 Å². The van der Waals surface area contributed by atoms with Gasteiger partial charge in [0, 0.05) is 29.6 Å². The van der Waals surface area contributed by atoms with Gasteiger partial charge in [-0.05, 0) is 24.6 Å². The van der Waals surface area contributed by atoms with Crippen molar-refractivity contribution < 1.29 is 0 Å². The molecule has 0 saturated heterocycles. The lowest BCUT2D eigenvalue weighted by atomic mass is 10.3. The Labute approximate surface area is 106 Å². The van der Waals surface area contributed by atoms with E-state index in [1.807, 2.05) is 35.0 Å². The fourth-order valence-corrected chi connectivity index (χ4v) is 1.83. The first-order valence-corrected chi connectivity index (χ1v) is 6.22. The van der Waals surface area contributed by atoms with Crippen LogP contribution in [0.1, 0.15) is 19.8 Å². The molecule has 3 nitrogen and oxygen atoms in total. The average molecular weight is 250 g/mol. The molecule has 0 fully saturated rings. The standard InChI is InChI=1S/C13H16ClN3/c1-2-3-7-15-13-16-8-9-17(13)12-6-4-5-11(14)10-12/h4-6,8-10H,2-3,7H2,1H3,(H,15,16). The van der Waals surface area contributed by atoms with Crippen LogP contribution in [0.2, 0.25) is 5.02 Å². The monoisotopic (exact) mass is 249 g/mol. The zero-order chi connectivity index (χ0) is 12.1. The summed E-state index contributed by atoms with van der Waals surface area (Å²) in [5, 5.41) is 4.05. The Morgan fingerprint density at radius 3 is 3.06 bits per heavy atom. The second-order valence-corrected chi connectivity index (χ2v) is 4.32. The summed E-state index contributed by atoms with van der Waals surface area (Å²) in [5.41, 5.74) is 1.02. The zero-order valence-corrected chi connectivity index (χ0v) is 10.6. The molecular formula is C13H16ClN3. The predicted molar refractivity (Wildman–Crippen MR) is 72.0 cm³/mol. The van der Waals surface area contributed by atoms with Crippen molar-refractivity contribution in [3.63, 3.8) is 0 Å². The molecule has 0 spiro atoms. The number of unbranched alkanes of at least 4 members (excludes halogenated alkanes) is 1. The van der Waals surface area contributed by atoms with Gasteiger partial charge in [0.2, 0.25) is 5.95 Å². The zero-order valence-electron chi connectivity index (χ0n) is 9.86. The third-order valence-electron chi connectivity index (χ3n) is 2.54. The summed E-state index contributed by atoms with van der Waals surface area (Å²) in [7, 11) is 0. The third-order valence-corrected chi connectivity index (χ3v) is 2.78. The lowest BCUT2D eigenvalue weighted by molar-refractivity contribution is 0.823. The van der Waals surface area contributed by atoms with E-state index >= 15 is 0 Å². The quantitative estimate of drug-likeness (QED) is 0.819. The van der Waals surface area contributed by atoms with E-state index in [-0.39, 0.29) is 0 Å². The van der Waals surface area contributed by atoms with E-state index in [9.17, 15) is 0 Å². The molecule has 1 aromatic carbocycles. The van der Waals surface area contributed by atoms with Crippen LogP contribution in [0, 0.1) is 0 Å². The fourth-order valence-electron chi connectivity index (χ4n) is 1.65. The summed E-state index contributed by atoms with van der Waals surface area (Å²) in [6.07, 6.45) is 6.03. The van der Waals surface area contributed by atoms with Crippen LogP contribution in [0.5, 0.6) is 0 Å². The van der Waals surface area contributed by atoms with Gasteiger partial charge < -0.3 is 5.32 Å². The topological polar surface area (TPSA) is 29.9 Å². The summed E-state index contributed by atoms with van der Waals surface area (Å²) in [5.74, 6) is 0.862. The highest BCUT2D eigenvalue weighted by Crippen LogP contribution is 2.18. The van der Waals surface area contributed by atoms with Crippen molar-refractivity contribution in [3.05, 3.63) is 41.7 Å². The highest BCUT2D eigenvalue weighted by Gasteiger charge is 2.04. The molecule has 17 heavy (non-hydrogen) atoms. The Kier molecular flexibility index (Phi) is 4.04. The van der Waals surface area contributed by atoms with Crippen LogP contribution in [0.4, 0.5) is 5.95 Å². The Bertz CT molecular complexity index is 479. The summed E-state index contributed by atoms with van der Waals surface area (Å²) >= 11 is 5.99. The van der Waals surface area contributed by atoms with Gasteiger partial charge >= 0.3 is 0 Å². The molecule has 0 bridgehead atoms. The van der Waals surface area contributed by atoms with Gasteiger partial charge in [0.25, 0.3) is 0 Å². The van der Waals surface area contributed by atoms with Gasteiger partial charge in [-0.25, -0.2) is 4.98 Å². The smallest absolute Gasteiger partial charge is 0.207 e. The molecule has 2 aromatic rings. The van der Waals surface area contributed by atoms with Gasteiger partial charge in [0.1, 0.15) is 0 Å². The molecule has 0 unspecified atom stereocenters. The SMILES string of the molecule is CCCCNc1nccn1-c1cccc(Cl)c1. The first-order valence-electron chi connectivity index (χ1n) is 5.84. The van der Waals surface area contributed by atoms with E-state index in [1.54, 1.807) is 6.20 Å². The molecule has 0 aliphatic carbocycles. The molecule has 4 heteroatoms. The van der Waals surface area contributed by atoms with Crippen molar-refractivity contribution in [1.29, 1.82) is 0 Å². The number of imidazole rings is 1. The van der Waals surface area contributed by atoms with E-state index in [0.717, 1.165) is 29.6 Å². The molecular weight excluding hydrogens is 234 g/mol. The van der Waals surface area contributed by atoms with Crippen molar-refractivity contribution in [2.75, 3.05) is 11.9 Å². The first-order chi connectivity index (χ1) is 8.31. The first kappa shape index (κ1) is 12.0. The Hall–Kier alpha value is -1.48. The van der Waals surface area contributed by atoms with Gasteiger partial charge in [-0.3, -0.25) is 4.57 Å². The predicted octanol–water partition coefficient (Wildman–Crippen LogP) is 3.74. The van der Waals surface area contributed by atoms with Crippen LogP contribution >= 0.6 is 11.6 Å².